The van der Waals surface area contributed by atoms with Crippen molar-refractivity contribution in [1.29, 1.82) is 0 Å². The predicted molar refractivity (Wildman–Crippen MR) is 45.0 cm³/mol. The Bertz CT molecular complexity index is 152. The zero-order valence-electron chi connectivity index (χ0n) is 6.72. The Morgan fingerprint density at radius 1 is 1.50 bits per heavy atom. The number of likely N-dealkylation sites (N-methyl/N-ethyl adjacent to an activating group) is 1. The average Bonchev–Trinajstić information content (AvgIpc) is 2.06. The van der Waals surface area contributed by atoms with E-state index < -0.39 is 0 Å². The normalized spacial score (nSPS) is 31.0. The van der Waals surface area contributed by atoms with Crippen molar-refractivity contribution < 1.29 is 0 Å². The molecule has 0 unspecified atom stereocenters. The fourth-order valence-corrected chi connectivity index (χ4v) is 1.29. The van der Waals surface area contributed by atoms with Gasteiger partial charge < -0.3 is 5.32 Å². The van der Waals surface area contributed by atoms with Crippen LogP contribution in [0.1, 0.15) is 19.8 Å². The summed E-state index contributed by atoms with van der Waals surface area (Å²) in [6, 6.07) is 0. The van der Waals surface area contributed by atoms with E-state index in [1.54, 1.807) is 0 Å². The Hall–Kier alpha value is -0.560. The molecule has 1 N–H and O–H groups in total. The second-order valence-electron chi connectivity index (χ2n) is 2.75. The fourth-order valence-electron chi connectivity index (χ4n) is 1.29. The number of hydrogen-bond acceptors (Lipinski definition) is 1. The van der Waals surface area contributed by atoms with Crippen molar-refractivity contribution in [3.05, 3.63) is 24.3 Å². The lowest BCUT2D eigenvalue weighted by molar-refractivity contribution is 0.423. The Morgan fingerprint density at radius 3 is 2.60 bits per heavy atom. The number of hydrogen-bond donors (Lipinski definition) is 1. The predicted octanol–water partition coefficient (Wildman–Crippen LogP) is 1.87. The van der Waals surface area contributed by atoms with Gasteiger partial charge in [0.05, 0.1) is 0 Å². The third-order valence-corrected chi connectivity index (χ3v) is 2.27. The summed E-state index contributed by atoms with van der Waals surface area (Å²) in [6.07, 6.45) is 10.9. The quantitative estimate of drug-likeness (QED) is 0.612. The third-order valence-electron chi connectivity index (χ3n) is 2.27. The molecule has 1 aliphatic carbocycles. The van der Waals surface area contributed by atoms with E-state index in [2.05, 4.69) is 36.5 Å². The van der Waals surface area contributed by atoms with Crippen molar-refractivity contribution in [1.82, 2.24) is 5.32 Å². The fraction of sp³-hybridized carbons (Fsp3) is 0.556. The molecule has 0 saturated carbocycles. The van der Waals surface area contributed by atoms with Gasteiger partial charge in [0.25, 0.3) is 0 Å². The van der Waals surface area contributed by atoms with Gasteiger partial charge in [0, 0.05) is 5.54 Å². The van der Waals surface area contributed by atoms with Crippen LogP contribution >= 0.6 is 0 Å². The van der Waals surface area contributed by atoms with E-state index in [1.165, 1.54) is 0 Å². The topological polar surface area (TPSA) is 12.0 Å². The Kier molecular flexibility index (Phi) is 2.28. The van der Waals surface area contributed by atoms with E-state index in [1.807, 2.05) is 7.05 Å². The van der Waals surface area contributed by atoms with Crippen molar-refractivity contribution in [2.45, 2.75) is 25.3 Å². The van der Waals surface area contributed by atoms with Crippen molar-refractivity contribution in [2.75, 3.05) is 7.05 Å². The first kappa shape index (κ1) is 7.55. The second kappa shape index (κ2) is 3.02. The molecule has 0 aromatic carbocycles. The van der Waals surface area contributed by atoms with E-state index in [-0.39, 0.29) is 5.54 Å². The van der Waals surface area contributed by atoms with Crippen LogP contribution in [0.4, 0.5) is 0 Å². The van der Waals surface area contributed by atoms with Gasteiger partial charge in [-0.2, -0.15) is 0 Å². The molecule has 0 aliphatic heterocycles. The van der Waals surface area contributed by atoms with Gasteiger partial charge >= 0.3 is 0 Å². The first-order chi connectivity index (χ1) is 4.83. The maximum atomic E-state index is 3.33. The minimum atomic E-state index is 0.245. The highest BCUT2D eigenvalue weighted by Crippen LogP contribution is 2.20. The number of allylic oxidation sites excluding steroid dienone is 2. The molecular formula is C9H15N. The highest BCUT2D eigenvalue weighted by atomic mass is 14.9. The van der Waals surface area contributed by atoms with Crippen LogP contribution in [0.5, 0.6) is 0 Å². The number of nitrogens with one attached hydrogen (secondary N) is 1. The minimum absolute atomic E-state index is 0.245. The molecule has 0 aromatic rings. The lowest BCUT2D eigenvalue weighted by Gasteiger charge is -2.29. The molecular weight excluding hydrogens is 122 g/mol. The molecule has 1 aliphatic rings. The molecule has 1 atom stereocenters. The molecule has 0 amide bonds. The Labute approximate surface area is 62.8 Å². The molecule has 56 valence electrons. The SMILES string of the molecule is CC[C@@]1(NC)C=CC=CC1. The van der Waals surface area contributed by atoms with Crippen LogP contribution in [0.15, 0.2) is 24.3 Å². The molecule has 0 saturated heterocycles. The van der Waals surface area contributed by atoms with Crippen molar-refractivity contribution in [3.8, 4) is 0 Å². The van der Waals surface area contributed by atoms with Crippen LogP contribution in [-0.4, -0.2) is 12.6 Å². The smallest absolute Gasteiger partial charge is 0.0397 e. The van der Waals surface area contributed by atoms with Gasteiger partial charge in [-0.05, 0) is 19.9 Å². The summed E-state index contributed by atoms with van der Waals surface area (Å²) in [7, 11) is 2.02. The number of rotatable bonds is 2. The lowest BCUT2D eigenvalue weighted by atomic mass is 9.89. The molecule has 0 fully saturated rings. The molecule has 1 nitrogen and oxygen atoms in total. The third kappa shape index (κ3) is 1.29. The van der Waals surface area contributed by atoms with Gasteiger partial charge in [0.15, 0.2) is 0 Å². The first-order valence-corrected chi connectivity index (χ1v) is 3.86. The highest BCUT2D eigenvalue weighted by Gasteiger charge is 2.21. The molecule has 1 rings (SSSR count). The summed E-state index contributed by atoms with van der Waals surface area (Å²) < 4.78 is 0. The van der Waals surface area contributed by atoms with Gasteiger partial charge in [-0.1, -0.05) is 31.2 Å². The summed E-state index contributed by atoms with van der Waals surface area (Å²) in [4.78, 5) is 0. The van der Waals surface area contributed by atoms with Crippen molar-refractivity contribution in [2.24, 2.45) is 0 Å². The van der Waals surface area contributed by atoms with Gasteiger partial charge in [0.1, 0.15) is 0 Å². The summed E-state index contributed by atoms with van der Waals surface area (Å²) in [5.41, 5.74) is 0.245. The summed E-state index contributed by atoms with van der Waals surface area (Å²) in [5.74, 6) is 0. The largest absolute Gasteiger partial charge is 0.311 e. The van der Waals surface area contributed by atoms with Gasteiger partial charge in [-0.25, -0.2) is 0 Å². The summed E-state index contributed by atoms with van der Waals surface area (Å²) in [5, 5.41) is 3.33. The summed E-state index contributed by atoms with van der Waals surface area (Å²) in [6.45, 7) is 2.21. The molecule has 1 heteroatoms. The van der Waals surface area contributed by atoms with E-state index in [0.717, 1.165) is 12.8 Å². The molecule has 0 spiro atoms. The Morgan fingerprint density at radius 2 is 2.30 bits per heavy atom. The van der Waals surface area contributed by atoms with Crippen LogP contribution in [0.25, 0.3) is 0 Å². The zero-order valence-corrected chi connectivity index (χ0v) is 6.72. The van der Waals surface area contributed by atoms with Gasteiger partial charge in [0.2, 0.25) is 0 Å². The van der Waals surface area contributed by atoms with Crippen molar-refractivity contribution >= 4 is 0 Å². The molecule has 0 bridgehead atoms. The van der Waals surface area contributed by atoms with E-state index in [4.69, 9.17) is 0 Å². The second-order valence-corrected chi connectivity index (χ2v) is 2.75. The van der Waals surface area contributed by atoms with Crippen LogP contribution in [0.2, 0.25) is 0 Å². The molecule has 10 heavy (non-hydrogen) atoms. The Balaban J connectivity index is 2.66. The maximum Gasteiger partial charge on any atom is 0.0397 e. The van der Waals surface area contributed by atoms with Gasteiger partial charge in [-0.3, -0.25) is 0 Å². The maximum absolute atomic E-state index is 3.33. The monoisotopic (exact) mass is 137 g/mol. The molecule has 0 heterocycles. The van der Waals surface area contributed by atoms with E-state index in [0.29, 0.717) is 0 Å². The first-order valence-electron chi connectivity index (χ1n) is 3.86. The zero-order chi connectivity index (χ0) is 7.45. The van der Waals surface area contributed by atoms with Gasteiger partial charge in [-0.15, -0.1) is 0 Å². The van der Waals surface area contributed by atoms with Crippen LogP contribution in [-0.2, 0) is 0 Å². The van der Waals surface area contributed by atoms with E-state index >= 15 is 0 Å². The van der Waals surface area contributed by atoms with E-state index in [9.17, 15) is 0 Å². The highest BCUT2D eigenvalue weighted by molar-refractivity contribution is 5.20. The molecule has 0 radical (unpaired) electrons. The van der Waals surface area contributed by atoms with Crippen LogP contribution in [0.3, 0.4) is 0 Å². The molecule has 0 aromatic heterocycles. The van der Waals surface area contributed by atoms with Crippen molar-refractivity contribution in [3.63, 3.8) is 0 Å². The standard InChI is InChI=1S/C9H15N/c1-3-9(10-2)7-5-4-6-8-9/h4-7,10H,3,8H2,1-2H3/t9-/m1/s1. The minimum Gasteiger partial charge on any atom is -0.311 e. The lowest BCUT2D eigenvalue weighted by Crippen LogP contribution is -2.40. The van der Waals surface area contributed by atoms with Crippen LogP contribution in [0, 0.1) is 0 Å². The average molecular weight is 137 g/mol. The van der Waals surface area contributed by atoms with Crippen LogP contribution < -0.4 is 5.32 Å². The summed E-state index contributed by atoms with van der Waals surface area (Å²) >= 11 is 0.